The summed E-state index contributed by atoms with van der Waals surface area (Å²) in [7, 11) is -3.31. The van der Waals surface area contributed by atoms with Crippen molar-refractivity contribution in [3.63, 3.8) is 0 Å². The van der Waals surface area contributed by atoms with E-state index in [4.69, 9.17) is 11.6 Å². The van der Waals surface area contributed by atoms with Crippen molar-refractivity contribution in [3.05, 3.63) is 99.4 Å². The molecule has 0 aliphatic heterocycles. The van der Waals surface area contributed by atoms with Crippen LogP contribution in [-0.2, 0) is 23.0 Å². The highest BCUT2D eigenvalue weighted by Gasteiger charge is 2.18. The first-order chi connectivity index (χ1) is 14.8. The second kappa shape index (κ2) is 8.30. The second-order valence-electron chi connectivity index (χ2n) is 7.34. The Balaban J connectivity index is 1.96. The summed E-state index contributed by atoms with van der Waals surface area (Å²) in [5, 5.41) is 11.9. The zero-order valence-corrected chi connectivity index (χ0v) is 18.3. The van der Waals surface area contributed by atoms with Crippen molar-refractivity contribution in [1.29, 1.82) is 0 Å². The van der Waals surface area contributed by atoms with Gasteiger partial charge in [-0.15, -0.1) is 0 Å². The summed E-state index contributed by atoms with van der Waals surface area (Å²) in [6, 6.07) is 21.0. The lowest BCUT2D eigenvalue weighted by Gasteiger charge is -2.19. The molecule has 0 atom stereocenters. The second-order valence-corrected chi connectivity index (χ2v) is 9.80. The van der Waals surface area contributed by atoms with Crippen molar-refractivity contribution in [1.82, 2.24) is 4.57 Å². The molecular formula is C24H20ClNO4S. The fraction of sp³-hybridized carbons (Fsp3) is 0.125. The van der Waals surface area contributed by atoms with Crippen molar-refractivity contribution in [3.8, 4) is 11.1 Å². The number of aromatic nitrogens is 1. The van der Waals surface area contributed by atoms with Crippen LogP contribution >= 0.6 is 11.6 Å². The van der Waals surface area contributed by atoms with Gasteiger partial charge < -0.3 is 9.67 Å². The van der Waals surface area contributed by atoms with Crippen molar-refractivity contribution in [2.45, 2.75) is 18.0 Å². The van der Waals surface area contributed by atoms with Gasteiger partial charge in [0.15, 0.2) is 9.84 Å². The minimum Gasteiger partial charge on any atom is -0.390 e. The van der Waals surface area contributed by atoms with Gasteiger partial charge in [0.1, 0.15) is 0 Å². The van der Waals surface area contributed by atoms with Gasteiger partial charge >= 0.3 is 0 Å². The van der Waals surface area contributed by atoms with Gasteiger partial charge in [0, 0.05) is 22.2 Å². The van der Waals surface area contributed by atoms with Crippen LogP contribution < -0.4 is 5.56 Å². The summed E-state index contributed by atoms with van der Waals surface area (Å²) in [4.78, 5) is 13.6. The van der Waals surface area contributed by atoms with Crippen LogP contribution in [0.2, 0.25) is 5.02 Å². The number of aliphatic hydroxyl groups is 1. The zero-order chi connectivity index (χ0) is 22.2. The molecule has 0 aliphatic carbocycles. The Labute approximate surface area is 185 Å². The van der Waals surface area contributed by atoms with E-state index in [1.807, 2.05) is 30.3 Å². The first-order valence-corrected chi connectivity index (χ1v) is 11.9. The number of rotatable bonds is 5. The van der Waals surface area contributed by atoms with Crippen molar-refractivity contribution in [2.75, 3.05) is 6.26 Å². The van der Waals surface area contributed by atoms with Crippen LogP contribution in [0, 0.1) is 0 Å². The fourth-order valence-electron chi connectivity index (χ4n) is 3.75. The molecule has 0 saturated heterocycles. The van der Waals surface area contributed by atoms with Crippen LogP contribution in [0.4, 0.5) is 0 Å². The number of nitrogens with zero attached hydrogens (tertiary/aromatic N) is 1. The molecule has 4 rings (SSSR count). The molecule has 0 aliphatic rings. The summed E-state index contributed by atoms with van der Waals surface area (Å²) in [6.07, 6.45) is 1.15. The average Bonchev–Trinajstić information content (AvgIpc) is 2.75. The zero-order valence-electron chi connectivity index (χ0n) is 16.7. The highest BCUT2D eigenvalue weighted by molar-refractivity contribution is 7.90. The van der Waals surface area contributed by atoms with E-state index in [1.165, 1.54) is 16.7 Å². The molecule has 158 valence electrons. The smallest absolute Gasteiger partial charge is 0.259 e. The van der Waals surface area contributed by atoms with Gasteiger partial charge in [0.25, 0.3) is 5.56 Å². The van der Waals surface area contributed by atoms with Gasteiger partial charge in [0.2, 0.25) is 0 Å². The Morgan fingerprint density at radius 2 is 1.61 bits per heavy atom. The summed E-state index contributed by atoms with van der Waals surface area (Å²) in [6.45, 7) is -0.152. The number of pyridine rings is 1. The molecule has 5 nitrogen and oxygen atoms in total. The third kappa shape index (κ3) is 4.14. The number of hydrogen-bond donors (Lipinski definition) is 1. The van der Waals surface area contributed by atoms with Crippen LogP contribution in [0.5, 0.6) is 0 Å². The Kier molecular flexibility index (Phi) is 5.71. The molecule has 0 radical (unpaired) electrons. The molecule has 0 bridgehead atoms. The molecule has 1 heterocycles. The van der Waals surface area contributed by atoms with Crippen LogP contribution in [0.3, 0.4) is 0 Å². The lowest BCUT2D eigenvalue weighted by atomic mass is 9.96. The average molecular weight is 454 g/mol. The fourth-order valence-corrected chi connectivity index (χ4v) is 4.55. The SMILES string of the molecule is CS(=O)(=O)c1ccc(Cn2c(CO)c(-c3ccccc3)c3cc(Cl)ccc3c2=O)cc1. The number of halogens is 1. The van der Waals surface area contributed by atoms with Crippen LogP contribution in [0.15, 0.2) is 82.5 Å². The van der Waals surface area contributed by atoms with E-state index < -0.39 is 9.84 Å². The minimum atomic E-state index is -3.31. The highest BCUT2D eigenvalue weighted by Crippen LogP contribution is 2.32. The van der Waals surface area contributed by atoms with E-state index in [2.05, 4.69) is 0 Å². The van der Waals surface area contributed by atoms with Gasteiger partial charge in [-0.2, -0.15) is 0 Å². The van der Waals surface area contributed by atoms with E-state index in [0.717, 1.165) is 22.9 Å². The lowest BCUT2D eigenvalue weighted by molar-refractivity contribution is 0.270. The third-order valence-electron chi connectivity index (χ3n) is 5.25. The molecule has 1 aromatic heterocycles. The Morgan fingerprint density at radius 1 is 0.935 bits per heavy atom. The minimum absolute atomic E-state index is 0.192. The van der Waals surface area contributed by atoms with Crippen LogP contribution in [0.25, 0.3) is 21.9 Å². The molecule has 0 unspecified atom stereocenters. The van der Waals surface area contributed by atoms with Crippen molar-refractivity contribution in [2.24, 2.45) is 0 Å². The quantitative estimate of drug-likeness (QED) is 0.489. The number of benzene rings is 3. The molecular weight excluding hydrogens is 434 g/mol. The molecule has 3 aromatic carbocycles. The molecule has 1 N–H and O–H groups in total. The summed E-state index contributed by atoms with van der Waals surface area (Å²) < 4.78 is 25.0. The van der Waals surface area contributed by atoms with Crippen molar-refractivity contribution < 1.29 is 13.5 Å². The maximum absolute atomic E-state index is 13.3. The van der Waals surface area contributed by atoms with Crippen LogP contribution in [0.1, 0.15) is 11.3 Å². The van der Waals surface area contributed by atoms with E-state index in [-0.39, 0.29) is 23.6 Å². The highest BCUT2D eigenvalue weighted by atomic mass is 35.5. The first-order valence-electron chi connectivity index (χ1n) is 9.60. The molecule has 7 heteroatoms. The maximum atomic E-state index is 13.3. The first kappa shape index (κ1) is 21.3. The largest absolute Gasteiger partial charge is 0.390 e. The summed E-state index contributed by atoms with van der Waals surface area (Å²) >= 11 is 6.23. The van der Waals surface area contributed by atoms with E-state index >= 15 is 0 Å². The molecule has 0 fully saturated rings. The van der Waals surface area contributed by atoms with E-state index in [0.29, 0.717) is 21.5 Å². The topological polar surface area (TPSA) is 76.4 Å². The van der Waals surface area contributed by atoms with Gasteiger partial charge in [-0.3, -0.25) is 4.79 Å². The molecule has 31 heavy (non-hydrogen) atoms. The lowest BCUT2D eigenvalue weighted by Crippen LogP contribution is -2.25. The molecule has 0 amide bonds. The Hall–Kier alpha value is -2.93. The van der Waals surface area contributed by atoms with E-state index in [1.54, 1.807) is 30.3 Å². The van der Waals surface area contributed by atoms with Gasteiger partial charge in [-0.05, 0) is 46.8 Å². The molecule has 4 aromatic rings. The van der Waals surface area contributed by atoms with Crippen LogP contribution in [-0.4, -0.2) is 24.3 Å². The van der Waals surface area contributed by atoms with Crippen molar-refractivity contribution >= 4 is 32.2 Å². The number of fused-ring (bicyclic) bond motifs is 1. The number of aliphatic hydroxyl groups excluding tert-OH is 1. The predicted octanol–water partition coefficient (Wildman–Crippen LogP) is 4.27. The van der Waals surface area contributed by atoms with Gasteiger partial charge in [0.05, 0.1) is 23.7 Å². The predicted molar refractivity (Wildman–Crippen MR) is 123 cm³/mol. The van der Waals surface area contributed by atoms with E-state index in [9.17, 15) is 18.3 Å². The van der Waals surface area contributed by atoms with Gasteiger partial charge in [-0.1, -0.05) is 54.1 Å². The normalized spacial score (nSPS) is 11.7. The summed E-state index contributed by atoms with van der Waals surface area (Å²) in [5.41, 5.74) is 2.57. The number of hydrogen-bond acceptors (Lipinski definition) is 4. The Bertz CT molecular complexity index is 1430. The Morgan fingerprint density at radius 3 is 2.23 bits per heavy atom. The third-order valence-corrected chi connectivity index (χ3v) is 6.61. The number of sulfone groups is 1. The monoisotopic (exact) mass is 453 g/mol. The molecule has 0 saturated carbocycles. The molecule has 0 spiro atoms. The standard InChI is InChI=1S/C24H20ClNO4S/c1-31(29,30)19-10-7-16(8-11-19)14-26-22(15-27)23(17-5-3-2-4-6-17)21-13-18(25)9-12-20(21)24(26)28/h2-13,27H,14-15H2,1H3. The summed E-state index contributed by atoms with van der Waals surface area (Å²) in [5.74, 6) is 0. The van der Waals surface area contributed by atoms with Gasteiger partial charge in [-0.25, -0.2) is 8.42 Å². The maximum Gasteiger partial charge on any atom is 0.259 e.